The first-order valence-corrected chi connectivity index (χ1v) is 10.6. The first kappa shape index (κ1) is 21.8. The fourth-order valence-corrected chi connectivity index (χ4v) is 3.88. The lowest BCUT2D eigenvalue weighted by molar-refractivity contribution is -0.137. The first-order valence-electron chi connectivity index (χ1n) is 10.2. The van der Waals surface area contributed by atoms with Gasteiger partial charge in [-0.15, -0.1) is 0 Å². The number of carbonyl (C=O) groups is 2. The quantitative estimate of drug-likeness (QED) is 0.594. The fourth-order valence-electron chi connectivity index (χ4n) is 3.66. The van der Waals surface area contributed by atoms with Crippen LogP contribution in [0.5, 0.6) is 0 Å². The Morgan fingerprint density at radius 2 is 2.06 bits per heavy atom. The van der Waals surface area contributed by atoms with Crippen LogP contribution in [0.2, 0.25) is 5.02 Å². The number of para-hydroxylation sites is 1. The molecule has 1 aliphatic rings. The number of amides is 2. The molecule has 0 bridgehead atoms. The van der Waals surface area contributed by atoms with Gasteiger partial charge in [0.25, 0.3) is 0 Å². The molecule has 1 aromatic heterocycles. The van der Waals surface area contributed by atoms with Crippen LogP contribution >= 0.6 is 11.6 Å². The number of benzene rings is 2. The Kier molecular flexibility index (Phi) is 6.10. The maximum atomic E-state index is 14.3. The summed E-state index contributed by atoms with van der Waals surface area (Å²) in [6.07, 6.45) is 1.69. The van der Waals surface area contributed by atoms with E-state index in [1.54, 1.807) is 9.58 Å². The van der Waals surface area contributed by atoms with Crippen LogP contribution in [0.4, 0.5) is 4.39 Å². The Hall–Kier alpha value is -3.44. The molecule has 7 nitrogen and oxygen atoms in total. The summed E-state index contributed by atoms with van der Waals surface area (Å²) in [6, 6.07) is 12.3. The predicted octanol–water partition coefficient (Wildman–Crippen LogP) is 3.32. The van der Waals surface area contributed by atoms with E-state index < -0.39 is 11.7 Å². The van der Waals surface area contributed by atoms with Crippen molar-refractivity contribution in [1.29, 1.82) is 5.26 Å². The number of aromatic nitrogens is 2. The van der Waals surface area contributed by atoms with E-state index >= 15 is 0 Å². The summed E-state index contributed by atoms with van der Waals surface area (Å²) >= 11 is 5.84. The normalized spacial score (nSPS) is 13.1. The van der Waals surface area contributed by atoms with Crippen LogP contribution in [0, 0.1) is 24.1 Å². The van der Waals surface area contributed by atoms with Gasteiger partial charge in [-0.05, 0) is 31.9 Å². The maximum Gasteiger partial charge on any atom is 0.245 e. The van der Waals surface area contributed by atoms with Gasteiger partial charge in [0.15, 0.2) is 0 Å². The van der Waals surface area contributed by atoms with E-state index in [9.17, 15) is 14.0 Å². The van der Waals surface area contributed by atoms with Crippen LogP contribution < -0.4 is 5.32 Å². The third-order valence-electron chi connectivity index (χ3n) is 5.51. The molecule has 0 saturated heterocycles. The van der Waals surface area contributed by atoms with Gasteiger partial charge in [0.1, 0.15) is 18.4 Å². The van der Waals surface area contributed by atoms with E-state index in [-0.39, 0.29) is 47.7 Å². The maximum absolute atomic E-state index is 14.3. The smallest absolute Gasteiger partial charge is 0.245 e. The number of halogens is 2. The number of nitrogens with one attached hydrogen (secondary N) is 1. The largest absolute Gasteiger partial charge is 0.350 e. The monoisotopic (exact) mass is 453 g/mol. The van der Waals surface area contributed by atoms with Gasteiger partial charge in [-0.25, -0.2) is 4.39 Å². The molecule has 1 saturated carbocycles. The second-order valence-electron chi connectivity index (χ2n) is 7.80. The van der Waals surface area contributed by atoms with Crippen LogP contribution in [0.3, 0.4) is 0 Å². The van der Waals surface area contributed by atoms with Crippen molar-refractivity contribution in [3.8, 4) is 6.07 Å². The fraction of sp³-hybridized carbons (Fsp3) is 0.304. The number of hydrogen-bond acceptors (Lipinski definition) is 4. The Labute approximate surface area is 189 Å². The van der Waals surface area contributed by atoms with Crippen LogP contribution in [0.25, 0.3) is 10.9 Å². The van der Waals surface area contributed by atoms with Crippen molar-refractivity contribution >= 4 is 34.3 Å². The van der Waals surface area contributed by atoms with Crippen molar-refractivity contribution < 1.29 is 14.0 Å². The molecule has 32 heavy (non-hydrogen) atoms. The Morgan fingerprint density at radius 3 is 2.78 bits per heavy atom. The molecular weight excluding hydrogens is 433 g/mol. The van der Waals surface area contributed by atoms with Gasteiger partial charge in [0.05, 0.1) is 28.3 Å². The number of carbonyl (C=O) groups excluding carboxylic acids is 2. The van der Waals surface area contributed by atoms with Gasteiger partial charge in [0, 0.05) is 23.5 Å². The third kappa shape index (κ3) is 4.43. The molecule has 0 spiro atoms. The molecule has 3 aromatic rings. The minimum atomic E-state index is -0.734. The van der Waals surface area contributed by atoms with E-state index in [1.807, 2.05) is 37.3 Å². The summed E-state index contributed by atoms with van der Waals surface area (Å²) in [7, 11) is 0. The molecule has 1 aliphatic carbocycles. The number of nitrogens with zero attached hydrogens (tertiary/aromatic N) is 4. The molecule has 1 heterocycles. The zero-order valence-electron chi connectivity index (χ0n) is 17.4. The van der Waals surface area contributed by atoms with Crippen molar-refractivity contribution in [2.75, 3.05) is 6.54 Å². The molecule has 2 amide bonds. The summed E-state index contributed by atoms with van der Waals surface area (Å²) < 4.78 is 16.0. The first-order chi connectivity index (χ1) is 15.4. The summed E-state index contributed by atoms with van der Waals surface area (Å²) in [5, 5.41) is 16.7. The molecule has 4 rings (SSSR count). The highest BCUT2D eigenvalue weighted by Crippen LogP contribution is 2.27. The topological polar surface area (TPSA) is 91.0 Å². The zero-order chi connectivity index (χ0) is 22.8. The van der Waals surface area contributed by atoms with Crippen LogP contribution in [-0.4, -0.2) is 39.1 Å². The Bertz CT molecular complexity index is 1250. The zero-order valence-corrected chi connectivity index (χ0v) is 18.2. The van der Waals surface area contributed by atoms with Crippen molar-refractivity contribution in [2.45, 2.75) is 38.9 Å². The molecular formula is C23H21ClFN5O2. The molecule has 2 aromatic carbocycles. The average molecular weight is 454 g/mol. The molecule has 0 unspecified atom stereocenters. The van der Waals surface area contributed by atoms with Gasteiger partial charge in [-0.3, -0.25) is 14.3 Å². The van der Waals surface area contributed by atoms with E-state index in [0.29, 0.717) is 0 Å². The lowest BCUT2D eigenvalue weighted by atomic mass is 10.1. The lowest BCUT2D eigenvalue weighted by Crippen LogP contribution is -2.43. The van der Waals surface area contributed by atoms with Gasteiger partial charge in [-0.2, -0.15) is 10.4 Å². The summed E-state index contributed by atoms with van der Waals surface area (Å²) in [6.45, 7) is 1.72. The predicted molar refractivity (Wildman–Crippen MR) is 117 cm³/mol. The van der Waals surface area contributed by atoms with Gasteiger partial charge < -0.3 is 10.2 Å². The van der Waals surface area contributed by atoms with Gasteiger partial charge >= 0.3 is 0 Å². The second-order valence-corrected chi connectivity index (χ2v) is 8.18. The van der Waals surface area contributed by atoms with Crippen molar-refractivity contribution in [1.82, 2.24) is 20.0 Å². The van der Waals surface area contributed by atoms with E-state index in [2.05, 4.69) is 10.4 Å². The van der Waals surface area contributed by atoms with E-state index in [4.69, 9.17) is 16.9 Å². The summed E-state index contributed by atoms with van der Waals surface area (Å²) in [4.78, 5) is 27.1. The Balaban J connectivity index is 1.41. The van der Waals surface area contributed by atoms with Gasteiger partial charge in [0.2, 0.25) is 11.8 Å². The molecule has 164 valence electrons. The second kappa shape index (κ2) is 8.97. The van der Waals surface area contributed by atoms with E-state index in [1.165, 1.54) is 12.1 Å². The van der Waals surface area contributed by atoms with Crippen LogP contribution in [-0.2, 0) is 22.7 Å². The van der Waals surface area contributed by atoms with Crippen LogP contribution in [0.1, 0.15) is 29.7 Å². The number of hydrogen-bond donors (Lipinski definition) is 1. The number of nitriles is 1. The molecule has 0 atom stereocenters. The third-order valence-corrected chi connectivity index (χ3v) is 5.88. The molecule has 0 radical (unpaired) electrons. The van der Waals surface area contributed by atoms with Crippen LogP contribution in [0.15, 0.2) is 36.4 Å². The number of aryl methyl sites for hydroxylation is 1. The number of fused-ring (bicyclic) bond motifs is 1. The Morgan fingerprint density at radius 1 is 1.31 bits per heavy atom. The van der Waals surface area contributed by atoms with Crippen molar-refractivity contribution in [3.63, 3.8) is 0 Å². The summed E-state index contributed by atoms with van der Waals surface area (Å²) in [5.74, 6) is -1.32. The standard InChI is InChI=1S/C23H21ClFN5O2/c1-14-18-4-2-3-5-19(18)30(28-14)13-21(32)29(17-8-9-17)12-20(31)27-11-16-7-6-15(10-26)22(24)23(16)25/h2-7,17H,8-9,11-13H2,1H3,(H,27,31). The highest BCUT2D eigenvalue weighted by molar-refractivity contribution is 6.31. The molecule has 0 aliphatic heterocycles. The van der Waals surface area contributed by atoms with Crippen molar-refractivity contribution in [2.24, 2.45) is 0 Å². The minimum absolute atomic E-state index is 0.0252. The number of rotatable bonds is 7. The highest BCUT2D eigenvalue weighted by atomic mass is 35.5. The summed E-state index contributed by atoms with van der Waals surface area (Å²) in [5.41, 5.74) is 1.91. The average Bonchev–Trinajstić information content (AvgIpc) is 3.58. The molecule has 1 N–H and O–H groups in total. The molecule has 9 heteroatoms. The van der Waals surface area contributed by atoms with Gasteiger partial charge in [-0.1, -0.05) is 35.9 Å². The minimum Gasteiger partial charge on any atom is -0.350 e. The SMILES string of the molecule is Cc1nn(CC(=O)N(CC(=O)NCc2ccc(C#N)c(Cl)c2F)C2CC2)c2ccccc12. The van der Waals surface area contributed by atoms with E-state index in [0.717, 1.165) is 29.4 Å². The molecule has 1 fully saturated rings. The van der Waals surface area contributed by atoms with Crippen molar-refractivity contribution in [3.05, 3.63) is 64.1 Å². The lowest BCUT2D eigenvalue weighted by Gasteiger charge is -2.22. The highest BCUT2D eigenvalue weighted by Gasteiger charge is 2.34.